The molecule has 0 N–H and O–H groups in total. The van der Waals surface area contributed by atoms with Crippen LogP contribution in [0.2, 0.25) is 0 Å². The van der Waals surface area contributed by atoms with Crippen LogP contribution < -0.4 is 0 Å². The number of benzene rings is 2. The Hall–Kier alpha value is -2.65. The molecule has 3 rings (SSSR count). The maximum absolute atomic E-state index is 9.45. The third-order valence-corrected chi connectivity index (χ3v) is 4.40. The summed E-state index contributed by atoms with van der Waals surface area (Å²) >= 11 is 1.38. The maximum Gasteiger partial charge on any atom is 0.215 e. The number of hydrogen-bond acceptors (Lipinski definition) is 5. The lowest BCUT2D eigenvalue weighted by molar-refractivity contribution is 0.755. The fourth-order valence-corrected chi connectivity index (χ4v) is 3.07. The normalized spacial score (nSPS) is 11.8. The predicted molar refractivity (Wildman–Crippen MR) is 89.3 cm³/mol. The summed E-state index contributed by atoms with van der Waals surface area (Å²) in [5.74, 6) is 0. The van der Waals surface area contributed by atoms with Gasteiger partial charge in [0.05, 0.1) is 11.8 Å². The molecule has 0 saturated heterocycles. The Kier molecular flexibility index (Phi) is 4.69. The van der Waals surface area contributed by atoms with E-state index < -0.39 is 0 Å². The van der Waals surface area contributed by atoms with E-state index >= 15 is 0 Å². The third kappa shape index (κ3) is 3.76. The van der Waals surface area contributed by atoms with Crippen LogP contribution >= 0.6 is 11.8 Å². The molecule has 0 spiro atoms. The van der Waals surface area contributed by atoms with Gasteiger partial charge in [0, 0.05) is 0 Å². The SMILES string of the molecule is Cc1ccc(C[C@@H](C#N)Sc2nnnn2-c2ccccc2)cc1. The highest BCUT2D eigenvalue weighted by Crippen LogP contribution is 2.25. The Balaban J connectivity index is 1.77. The van der Waals surface area contributed by atoms with Crippen molar-refractivity contribution in [3.8, 4) is 11.8 Å². The first kappa shape index (κ1) is 15.3. The van der Waals surface area contributed by atoms with Crippen molar-refractivity contribution in [3.05, 3.63) is 65.7 Å². The fourth-order valence-electron chi connectivity index (χ4n) is 2.16. The summed E-state index contributed by atoms with van der Waals surface area (Å²) in [6, 6.07) is 20.2. The summed E-state index contributed by atoms with van der Waals surface area (Å²) in [4.78, 5) is 0. The minimum atomic E-state index is -0.244. The quantitative estimate of drug-likeness (QED) is 0.675. The topological polar surface area (TPSA) is 67.4 Å². The van der Waals surface area contributed by atoms with E-state index in [1.807, 2.05) is 37.3 Å². The Morgan fingerprint density at radius 2 is 1.87 bits per heavy atom. The molecule has 0 unspecified atom stereocenters. The van der Waals surface area contributed by atoms with Crippen molar-refractivity contribution in [2.24, 2.45) is 0 Å². The number of nitrogens with zero attached hydrogens (tertiary/aromatic N) is 5. The zero-order valence-electron chi connectivity index (χ0n) is 12.6. The van der Waals surface area contributed by atoms with Crippen LogP contribution in [0.4, 0.5) is 0 Å². The van der Waals surface area contributed by atoms with Gasteiger partial charge in [-0.15, -0.1) is 5.10 Å². The zero-order chi connectivity index (χ0) is 16.1. The Morgan fingerprint density at radius 3 is 2.57 bits per heavy atom. The Morgan fingerprint density at radius 1 is 1.13 bits per heavy atom. The van der Waals surface area contributed by atoms with Crippen molar-refractivity contribution in [3.63, 3.8) is 0 Å². The third-order valence-electron chi connectivity index (χ3n) is 3.38. The molecule has 5 nitrogen and oxygen atoms in total. The minimum absolute atomic E-state index is 0.244. The zero-order valence-corrected chi connectivity index (χ0v) is 13.4. The van der Waals surface area contributed by atoms with Gasteiger partial charge in [-0.05, 0) is 41.5 Å². The molecule has 1 atom stereocenters. The molecule has 1 aromatic heterocycles. The summed E-state index contributed by atoms with van der Waals surface area (Å²) in [6.07, 6.45) is 0.656. The second-order valence-corrected chi connectivity index (χ2v) is 6.30. The first-order valence-corrected chi connectivity index (χ1v) is 8.10. The van der Waals surface area contributed by atoms with Crippen LogP contribution in [0, 0.1) is 18.3 Å². The molecule has 0 amide bonds. The first-order chi connectivity index (χ1) is 11.3. The molecule has 0 saturated carbocycles. The average Bonchev–Trinajstić information content (AvgIpc) is 3.05. The predicted octanol–water partition coefficient (Wildman–Crippen LogP) is 3.20. The highest BCUT2D eigenvalue weighted by atomic mass is 32.2. The monoisotopic (exact) mass is 321 g/mol. The molecule has 6 heteroatoms. The molecular weight excluding hydrogens is 306 g/mol. The van der Waals surface area contributed by atoms with E-state index in [0.717, 1.165) is 11.3 Å². The van der Waals surface area contributed by atoms with Gasteiger partial charge in [-0.3, -0.25) is 0 Å². The van der Waals surface area contributed by atoms with E-state index in [1.165, 1.54) is 17.3 Å². The van der Waals surface area contributed by atoms with Gasteiger partial charge in [0.15, 0.2) is 0 Å². The van der Waals surface area contributed by atoms with Crippen molar-refractivity contribution in [2.45, 2.75) is 23.8 Å². The van der Waals surface area contributed by atoms with Gasteiger partial charge in [-0.1, -0.05) is 59.8 Å². The summed E-state index contributed by atoms with van der Waals surface area (Å²) in [7, 11) is 0. The Labute approximate surface area is 139 Å². The van der Waals surface area contributed by atoms with E-state index in [-0.39, 0.29) is 5.25 Å². The highest BCUT2D eigenvalue weighted by molar-refractivity contribution is 8.00. The van der Waals surface area contributed by atoms with E-state index in [9.17, 15) is 5.26 Å². The van der Waals surface area contributed by atoms with E-state index in [1.54, 1.807) is 4.68 Å². The molecule has 2 aromatic carbocycles. The summed E-state index contributed by atoms with van der Waals surface area (Å²) in [5, 5.41) is 21.6. The number of nitriles is 1. The molecule has 0 aliphatic heterocycles. The average molecular weight is 321 g/mol. The van der Waals surface area contributed by atoms with E-state index in [4.69, 9.17) is 0 Å². The standard InChI is InChI=1S/C17H15N5S/c1-13-7-9-14(10-8-13)11-16(12-18)23-17-19-20-21-22(17)15-5-3-2-4-6-15/h2-10,16H,11H2,1H3/t16-/m0/s1. The minimum Gasteiger partial charge on any atom is -0.197 e. The lowest BCUT2D eigenvalue weighted by Gasteiger charge is -2.09. The lowest BCUT2D eigenvalue weighted by Crippen LogP contribution is -2.07. The number of rotatable bonds is 5. The van der Waals surface area contributed by atoms with Gasteiger partial charge in [-0.25, -0.2) is 0 Å². The van der Waals surface area contributed by atoms with Gasteiger partial charge in [0.25, 0.3) is 0 Å². The maximum atomic E-state index is 9.45. The number of thioether (sulfide) groups is 1. The summed E-state index contributed by atoms with van der Waals surface area (Å²) in [6.45, 7) is 2.05. The second kappa shape index (κ2) is 7.07. The van der Waals surface area contributed by atoms with Gasteiger partial charge in [0.1, 0.15) is 5.25 Å². The number of hydrogen-bond donors (Lipinski definition) is 0. The van der Waals surface area contributed by atoms with Crippen LogP contribution in [0.1, 0.15) is 11.1 Å². The smallest absolute Gasteiger partial charge is 0.197 e. The first-order valence-electron chi connectivity index (χ1n) is 7.22. The van der Waals surface area contributed by atoms with Gasteiger partial charge in [0.2, 0.25) is 5.16 Å². The molecule has 23 heavy (non-hydrogen) atoms. The van der Waals surface area contributed by atoms with E-state index in [0.29, 0.717) is 11.6 Å². The van der Waals surface area contributed by atoms with Crippen LogP contribution in [-0.2, 0) is 6.42 Å². The molecule has 0 aliphatic rings. The lowest BCUT2D eigenvalue weighted by atomic mass is 10.1. The van der Waals surface area contributed by atoms with Crippen LogP contribution in [0.25, 0.3) is 5.69 Å². The Bertz CT molecular complexity index is 805. The molecule has 0 bridgehead atoms. The van der Waals surface area contributed by atoms with Crippen molar-refractivity contribution in [1.29, 1.82) is 5.26 Å². The number of aromatic nitrogens is 4. The number of tetrazole rings is 1. The molecule has 0 aliphatic carbocycles. The molecule has 0 radical (unpaired) electrons. The van der Waals surface area contributed by atoms with Gasteiger partial charge < -0.3 is 0 Å². The van der Waals surface area contributed by atoms with Crippen molar-refractivity contribution in [1.82, 2.24) is 20.2 Å². The van der Waals surface area contributed by atoms with Crippen molar-refractivity contribution >= 4 is 11.8 Å². The second-order valence-electron chi connectivity index (χ2n) is 5.13. The molecule has 114 valence electrons. The van der Waals surface area contributed by atoms with Crippen molar-refractivity contribution < 1.29 is 0 Å². The molecule has 0 fully saturated rings. The van der Waals surface area contributed by atoms with Gasteiger partial charge >= 0.3 is 0 Å². The largest absolute Gasteiger partial charge is 0.215 e. The summed E-state index contributed by atoms with van der Waals surface area (Å²) < 4.78 is 1.66. The van der Waals surface area contributed by atoms with Gasteiger partial charge in [-0.2, -0.15) is 9.94 Å². The molecule has 3 aromatic rings. The van der Waals surface area contributed by atoms with Crippen molar-refractivity contribution in [2.75, 3.05) is 0 Å². The summed E-state index contributed by atoms with van der Waals surface area (Å²) in [5.41, 5.74) is 3.23. The number of aryl methyl sites for hydroxylation is 1. The van der Waals surface area contributed by atoms with E-state index in [2.05, 4.69) is 45.9 Å². The van der Waals surface area contributed by atoms with Crippen LogP contribution in [0.15, 0.2) is 59.8 Å². The van der Waals surface area contributed by atoms with Crippen LogP contribution in [-0.4, -0.2) is 25.5 Å². The molecular formula is C17H15N5S. The van der Waals surface area contributed by atoms with Crippen LogP contribution in [0.5, 0.6) is 0 Å². The number of para-hydroxylation sites is 1. The molecule has 1 heterocycles. The fraction of sp³-hybridized carbons (Fsp3) is 0.176. The van der Waals surface area contributed by atoms with Crippen LogP contribution in [0.3, 0.4) is 0 Å². The highest BCUT2D eigenvalue weighted by Gasteiger charge is 2.16.